The number of hydrogen-bond acceptors (Lipinski definition) is 2. The number of rotatable bonds is 4. The number of carbonyl (C=O) groups is 1. The first-order valence-electron chi connectivity index (χ1n) is 9.19. The zero-order valence-electron chi connectivity index (χ0n) is 15.1. The van der Waals surface area contributed by atoms with Gasteiger partial charge in [-0.2, -0.15) is 0 Å². The van der Waals surface area contributed by atoms with Crippen molar-refractivity contribution in [3.8, 4) is 0 Å². The first kappa shape index (κ1) is 16.3. The molecule has 25 heavy (non-hydrogen) atoms. The van der Waals surface area contributed by atoms with Gasteiger partial charge in [-0.1, -0.05) is 67.6 Å². The Balaban J connectivity index is 1.57. The van der Waals surface area contributed by atoms with Gasteiger partial charge in [-0.25, -0.2) is 0 Å². The summed E-state index contributed by atoms with van der Waals surface area (Å²) in [4.78, 5) is 17.7. The molecule has 1 amide bonds. The molecule has 2 aromatic rings. The van der Waals surface area contributed by atoms with E-state index in [1.165, 1.54) is 11.1 Å². The van der Waals surface area contributed by atoms with Gasteiger partial charge in [0, 0.05) is 31.1 Å². The maximum absolute atomic E-state index is 13.2. The summed E-state index contributed by atoms with van der Waals surface area (Å²) in [6.07, 6.45) is 0.977. The van der Waals surface area contributed by atoms with Crippen molar-refractivity contribution in [3.63, 3.8) is 0 Å². The maximum Gasteiger partial charge on any atom is 0.240 e. The van der Waals surface area contributed by atoms with Crippen molar-refractivity contribution in [2.24, 2.45) is 5.41 Å². The number of carbonyl (C=O) groups excluding carboxylic acids is 1. The van der Waals surface area contributed by atoms with Crippen molar-refractivity contribution in [3.05, 3.63) is 71.8 Å². The van der Waals surface area contributed by atoms with Crippen LogP contribution in [0.25, 0.3) is 0 Å². The van der Waals surface area contributed by atoms with Gasteiger partial charge in [-0.3, -0.25) is 9.69 Å². The molecule has 0 unspecified atom stereocenters. The van der Waals surface area contributed by atoms with E-state index in [0.717, 1.165) is 19.5 Å². The average molecular weight is 334 g/mol. The lowest BCUT2D eigenvalue weighted by Crippen LogP contribution is -2.54. The Hall–Kier alpha value is -2.13. The second-order valence-corrected chi connectivity index (χ2v) is 7.89. The molecule has 2 heterocycles. The van der Waals surface area contributed by atoms with Crippen LogP contribution in [0.4, 0.5) is 0 Å². The molecule has 0 aromatic heterocycles. The molecule has 2 bridgehead atoms. The third kappa shape index (κ3) is 2.98. The van der Waals surface area contributed by atoms with Crippen molar-refractivity contribution in [2.45, 2.75) is 45.4 Å². The van der Waals surface area contributed by atoms with Gasteiger partial charge in [0.1, 0.15) is 0 Å². The molecule has 2 aliphatic rings. The highest BCUT2D eigenvalue weighted by Crippen LogP contribution is 2.45. The number of fused-ring (bicyclic) bond motifs is 2. The summed E-state index contributed by atoms with van der Waals surface area (Å²) in [5.74, 6) is 0.294. The zero-order chi connectivity index (χ0) is 17.4. The summed E-state index contributed by atoms with van der Waals surface area (Å²) < 4.78 is 0. The smallest absolute Gasteiger partial charge is 0.240 e. The highest BCUT2D eigenvalue weighted by atomic mass is 16.2. The van der Waals surface area contributed by atoms with Gasteiger partial charge < -0.3 is 4.90 Å². The van der Waals surface area contributed by atoms with E-state index in [1.54, 1.807) is 0 Å². The molecule has 4 rings (SSSR count). The van der Waals surface area contributed by atoms with Gasteiger partial charge in [0.2, 0.25) is 5.91 Å². The lowest BCUT2D eigenvalue weighted by atomic mass is 9.77. The molecule has 2 aliphatic heterocycles. The molecule has 2 fully saturated rings. The van der Waals surface area contributed by atoms with Crippen molar-refractivity contribution in [1.82, 2.24) is 9.80 Å². The fourth-order valence-electron chi connectivity index (χ4n) is 4.49. The first-order valence-corrected chi connectivity index (χ1v) is 9.19. The highest BCUT2D eigenvalue weighted by molar-refractivity contribution is 5.84. The van der Waals surface area contributed by atoms with Gasteiger partial charge in [0.05, 0.1) is 6.04 Å². The van der Waals surface area contributed by atoms with Crippen LogP contribution in [0.3, 0.4) is 0 Å². The van der Waals surface area contributed by atoms with Crippen LogP contribution in [0.5, 0.6) is 0 Å². The van der Waals surface area contributed by atoms with Crippen LogP contribution in [-0.4, -0.2) is 34.3 Å². The number of likely N-dealkylation sites (tertiary alicyclic amines) is 2. The summed E-state index contributed by atoms with van der Waals surface area (Å²) in [5, 5.41) is 0. The molecule has 0 radical (unpaired) electrons. The molecule has 3 nitrogen and oxygen atoms in total. The molecule has 0 saturated carbocycles. The molecular formula is C22H26N2O. The Morgan fingerprint density at radius 2 is 1.52 bits per heavy atom. The lowest BCUT2D eigenvalue weighted by Gasteiger charge is -2.43. The number of piperidine rings is 1. The third-order valence-corrected chi connectivity index (χ3v) is 6.13. The van der Waals surface area contributed by atoms with Crippen molar-refractivity contribution in [1.29, 1.82) is 0 Å². The predicted molar refractivity (Wildman–Crippen MR) is 99.8 cm³/mol. The van der Waals surface area contributed by atoms with Gasteiger partial charge in [0.25, 0.3) is 0 Å². The van der Waals surface area contributed by atoms with E-state index in [0.29, 0.717) is 12.5 Å². The zero-order valence-corrected chi connectivity index (χ0v) is 15.1. The van der Waals surface area contributed by atoms with Crippen molar-refractivity contribution < 1.29 is 4.79 Å². The van der Waals surface area contributed by atoms with Crippen molar-refractivity contribution >= 4 is 5.91 Å². The number of amides is 1. The van der Waals surface area contributed by atoms with Crippen LogP contribution in [0.2, 0.25) is 0 Å². The maximum atomic E-state index is 13.2. The van der Waals surface area contributed by atoms with E-state index in [4.69, 9.17) is 0 Å². The number of nitrogens with zero attached hydrogens (tertiary/aromatic N) is 2. The van der Waals surface area contributed by atoms with E-state index in [-0.39, 0.29) is 17.5 Å². The molecule has 0 aliphatic carbocycles. The third-order valence-electron chi connectivity index (χ3n) is 6.13. The van der Waals surface area contributed by atoms with E-state index in [1.807, 2.05) is 24.3 Å². The average Bonchev–Trinajstić information content (AvgIpc) is 2.94. The fraction of sp³-hybridized carbons (Fsp3) is 0.409. The second-order valence-electron chi connectivity index (χ2n) is 7.89. The second kappa shape index (κ2) is 6.30. The predicted octanol–water partition coefficient (Wildman–Crippen LogP) is 3.70. The van der Waals surface area contributed by atoms with E-state index < -0.39 is 0 Å². The minimum absolute atomic E-state index is 0.0186. The van der Waals surface area contributed by atoms with Crippen LogP contribution >= 0.6 is 0 Å². The Bertz CT molecular complexity index is 745. The summed E-state index contributed by atoms with van der Waals surface area (Å²) in [5.41, 5.74) is 2.67. The molecule has 2 saturated heterocycles. The highest BCUT2D eigenvalue weighted by Gasteiger charge is 2.54. The van der Waals surface area contributed by atoms with Crippen LogP contribution in [-0.2, 0) is 17.9 Å². The lowest BCUT2D eigenvalue weighted by molar-refractivity contribution is -0.143. The molecule has 3 atom stereocenters. The summed E-state index contributed by atoms with van der Waals surface area (Å²) >= 11 is 0. The monoisotopic (exact) mass is 334 g/mol. The van der Waals surface area contributed by atoms with Gasteiger partial charge in [-0.15, -0.1) is 0 Å². The topological polar surface area (TPSA) is 23.6 Å². The Labute approximate surface area is 150 Å². The summed E-state index contributed by atoms with van der Waals surface area (Å²) in [6.45, 7) is 7.14. The molecular weight excluding hydrogens is 308 g/mol. The molecule has 0 spiro atoms. The standard InChI is InChI=1S/C22H26N2O/c1-17-22(2)13-20(23(16-22)14-18-9-5-3-6-10-18)21(25)24(17)15-19-11-7-4-8-12-19/h3-12,17,20H,13-16H2,1-2H3/t17-,20-,22+/m1/s1. The first-order chi connectivity index (χ1) is 12.1. The molecule has 3 heteroatoms. The van der Waals surface area contributed by atoms with Crippen molar-refractivity contribution in [2.75, 3.05) is 6.54 Å². The van der Waals surface area contributed by atoms with Crippen LogP contribution in [0.1, 0.15) is 31.4 Å². The van der Waals surface area contributed by atoms with E-state index >= 15 is 0 Å². The van der Waals surface area contributed by atoms with Crippen LogP contribution < -0.4 is 0 Å². The quantitative estimate of drug-likeness (QED) is 0.851. The Morgan fingerprint density at radius 1 is 0.960 bits per heavy atom. The van der Waals surface area contributed by atoms with Crippen LogP contribution in [0, 0.1) is 5.41 Å². The van der Waals surface area contributed by atoms with E-state index in [9.17, 15) is 4.79 Å². The van der Waals surface area contributed by atoms with Gasteiger partial charge >= 0.3 is 0 Å². The Kier molecular flexibility index (Phi) is 4.12. The normalized spacial score (nSPS) is 29.2. The summed E-state index contributed by atoms with van der Waals surface area (Å²) in [7, 11) is 0. The summed E-state index contributed by atoms with van der Waals surface area (Å²) in [6, 6.07) is 21.1. The minimum atomic E-state index is 0.0186. The molecule has 130 valence electrons. The Morgan fingerprint density at radius 3 is 2.12 bits per heavy atom. The molecule has 0 N–H and O–H groups in total. The molecule has 2 aromatic carbocycles. The van der Waals surface area contributed by atoms with Crippen LogP contribution in [0.15, 0.2) is 60.7 Å². The number of hydrogen-bond donors (Lipinski definition) is 0. The van der Waals surface area contributed by atoms with E-state index in [2.05, 4.69) is 60.0 Å². The SMILES string of the molecule is C[C@H]1N(Cc2ccccc2)C(=O)[C@H]2C[C@@]1(C)CN2Cc1ccccc1. The largest absolute Gasteiger partial charge is 0.334 e. The fourth-order valence-corrected chi connectivity index (χ4v) is 4.49. The van der Waals surface area contributed by atoms with Gasteiger partial charge in [0.15, 0.2) is 0 Å². The number of benzene rings is 2. The van der Waals surface area contributed by atoms with Gasteiger partial charge in [-0.05, 0) is 24.5 Å². The minimum Gasteiger partial charge on any atom is -0.334 e.